The lowest BCUT2D eigenvalue weighted by Gasteiger charge is -2.23. The molecule has 3 aromatic heterocycles. The number of aromatic amines is 1. The topological polar surface area (TPSA) is 110 Å². The maximum Gasteiger partial charge on any atom is 0.330 e. The zero-order valence-corrected chi connectivity index (χ0v) is 18.6. The van der Waals surface area contributed by atoms with Gasteiger partial charge in [0.1, 0.15) is 5.76 Å². The van der Waals surface area contributed by atoms with Gasteiger partial charge in [-0.15, -0.1) is 0 Å². The van der Waals surface area contributed by atoms with Crippen LogP contribution in [0.2, 0.25) is 0 Å². The average Bonchev–Trinajstić information content (AvgIpc) is 3.49. The van der Waals surface area contributed by atoms with Gasteiger partial charge in [-0.05, 0) is 37.0 Å². The number of fused-ring (bicyclic) bond motifs is 1. The molecule has 0 saturated heterocycles. The van der Waals surface area contributed by atoms with Gasteiger partial charge in [0.2, 0.25) is 0 Å². The first-order valence-electron chi connectivity index (χ1n) is 10.9. The summed E-state index contributed by atoms with van der Waals surface area (Å²) >= 11 is 0. The fourth-order valence-electron chi connectivity index (χ4n) is 3.80. The second kappa shape index (κ2) is 9.12. The molecule has 1 amide bonds. The molecule has 0 unspecified atom stereocenters. The highest BCUT2D eigenvalue weighted by atomic mass is 16.5. The van der Waals surface area contributed by atoms with E-state index in [2.05, 4.69) is 9.97 Å². The lowest BCUT2D eigenvalue weighted by molar-refractivity contribution is 0.0668. The third-order valence-corrected chi connectivity index (χ3v) is 5.52. The monoisotopic (exact) mass is 440 g/mol. The van der Waals surface area contributed by atoms with Crippen molar-refractivity contribution in [2.45, 2.75) is 45.7 Å². The number of ether oxygens (including phenoxy) is 1. The molecule has 3 aromatic rings. The lowest BCUT2D eigenvalue weighted by Crippen LogP contribution is -2.36. The normalized spacial score (nSPS) is 13.8. The summed E-state index contributed by atoms with van der Waals surface area (Å²) in [5.41, 5.74) is 0.144. The summed E-state index contributed by atoms with van der Waals surface area (Å²) in [6.07, 6.45) is 3.50. The smallest absolute Gasteiger partial charge is 0.330 e. The van der Waals surface area contributed by atoms with Gasteiger partial charge in [-0.25, -0.2) is 9.78 Å². The third-order valence-electron chi connectivity index (χ3n) is 5.52. The van der Waals surface area contributed by atoms with Crippen molar-refractivity contribution >= 4 is 16.9 Å². The Labute approximate surface area is 185 Å². The number of methoxy groups -OCH3 is 1. The van der Waals surface area contributed by atoms with E-state index >= 15 is 0 Å². The van der Waals surface area contributed by atoms with Crippen LogP contribution in [0, 0.1) is 5.92 Å². The van der Waals surface area contributed by atoms with Crippen LogP contribution in [0.4, 0.5) is 0 Å². The molecule has 0 aromatic carbocycles. The van der Waals surface area contributed by atoms with Crippen LogP contribution in [-0.2, 0) is 17.8 Å². The Hall–Kier alpha value is -3.20. The number of H-pyrrole nitrogens is 1. The fraction of sp³-hybridized carbons (Fsp3) is 0.478. The Morgan fingerprint density at radius 1 is 1.38 bits per heavy atom. The van der Waals surface area contributed by atoms with Crippen LogP contribution in [-0.4, -0.2) is 45.6 Å². The Kier molecular flexibility index (Phi) is 6.27. The summed E-state index contributed by atoms with van der Waals surface area (Å²) in [7, 11) is 1.57. The van der Waals surface area contributed by atoms with Crippen LogP contribution < -0.4 is 11.2 Å². The molecular formula is C23H28N4O5. The quantitative estimate of drug-likeness (QED) is 0.547. The molecule has 32 heavy (non-hydrogen) atoms. The van der Waals surface area contributed by atoms with Gasteiger partial charge in [0.05, 0.1) is 30.4 Å². The summed E-state index contributed by atoms with van der Waals surface area (Å²) in [5, 5.41) is 0.140. The highest BCUT2D eigenvalue weighted by molar-refractivity contribution is 6.05. The van der Waals surface area contributed by atoms with Gasteiger partial charge in [0.15, 0.2) is 5.65 Å². The van der Waals surface area contributed by atoms with Gasteiger partial charge in [0.25, 0.3) is 11.5 Å². The van der Waals surface area contributed by atoms with Crippen molar-refractivity contribution in [2.75, 3.05) is 20.3 Å². The predicted molar refractivity (Wildman–Crippen MR) is 119 cm³/mol. The Bertz CT molecular complexity index is 1220. The van der Waals surface area contributed by atoms with Gasteiger partial charge in [-0.3, -0.25) is 19.1 Å². The molecule has 0 spiro atoms. The van der Waals surface area contributed by atoms with E-state index in [4.69, 9.17) is 9.15 Å². The second-order valence-corrected chi connectivity index (χ2v) is 8.63. The largest absolute Gasteiger partial charge is 0.467 e. The number of nitrogens with one attached hydrogen (secondary N) is 1. The van der Waals surface area contributed by atoms with Crippen LogP contribution in [0.25, 0.3) is 11.0 Å². The second-order valence-electron chi connectivity index (χ2n) is 8.63. The maximum atomic E-state index is 13.7. The molecular weight excluding hydrogens is 412 g/mol. The molecule has 1 saturated carbocycles. The molecule has 170 valence electrons. The van der Waals surface area contributed by atoms with E-state index in [9.17, 15) is 14.4 Å². The van der Waals surface area contributed by atoms with Crippen LogP contribution >= 0.6 is 0 Å². The average molecular weight is 441 g/mol. The van der Waals surface area contributed by atoms with Crippen molar-refractivity contribution in [3.05, 3.63) is 62.3 Å². The van der Waals surface area contributed by atoms with E-state index in [1.165, 1.54) is 4.57 Å². The van der Waals surface area contributed by atoms with Crippen molar-refractivity contribution in [3.8, 4) is 0 Å². The fourth-order valence-corrected chi connectivity index (χ4v) is 3.80. The summed E-state index contributed by atoms with van der Waals surface area (Å²) in [5.74, 6) is 0.698. The van der Waals surface area contributed by atoms with E-state index in [1.54, 1.807) is 36.5 Å². The molecule has 0 atom stereocenters. The summed E-state index contributed by atoms with van der Waals surface area (Å²) in [4.78, 5) is 47.8. The van der Waals surface area contributed by atoms with Crippen LogP contribution in [0.15, 0.2) is 38.5 Å². The van der Waals surface area contributed by atoms with Crippen molar-refractivity contribution in [2.24, 2.45) is 5.92 Å². The first kappa shape index (κ1) is 22.0. The van der Waals surface area contributed by atoms with Gasteiger partial charge < -0.3 is 14.1 Å². The van der Waals surface area contributed by atoms with Crippen LogP contribution in [0.5, 0.6) is 0 Å². The number of rotatable bonds is 9. The van der Waals surface area contributed by atoms with E-state index in [-0.39, 0.29) is 40.9 Å². The molecule has 0 aliphatic heterocycles. The molecule has 0 bridgehead atoms. The number of carbonyl (C=O) groups excluding carboxylic acids is 1. The summed E-state index contributed by atoms with van der Waals surface area (Å²) in [6, 6.07) is 5.26. The van der Waals surface area contributed by atoms with Gasteiger partial charge in [-0.2, -0.15) is 0 Å². The number of hydrogen-bond donors (Lipinski definition) is 1. The zero-order chi connectivity index (χ0) is 22.8. The van der Waals surface area contributed by atoms with Crippen molar-refractivity contribution < 1.29 is 13.9 Å². The van der Waals surface area contributed by atoms with E-state index in [0.29, 0.717) is 25.5 Å². The number of furan rings is 1. The number of hydrogen-bond acceptors (Lipinski definition) is 6. The highest BCUT2D eigenvalue weighted by Crippen LogP contribution is 2.40. The molecule has 1 aliphatic carbocycles. The molecule has 9 heteroatoms. The Morgan fingerprint density at radius 3 is 2.78 bits per heavy atom. The minimum atomic E-state index is -0.604. The first-order valence-corrected chi connectivity index (χ1v) is 10.9. The van der Waals surface area contributed by atoms with E-state index in [0.717, 1.165) is 18.5 Å². The van der Waals surface area contributed by atoms with Crippen molar-refractivity contribution in [1.29, 1.82) is 0 Å². The zero-order valence-electron chi connectivity index (χ0n) is 18.6. The minimum Gasteiger partial charge on any atom is -0.467 e. The number of pyridine rings is 1. The highest BCUT2D eigenvalue weighted by Gasteiger charge is 2.30. The molecule has 9 nitrogen and oxygen atoms in total. The van der Waals surface area contributed by atoms with Gasteiger partial charge in [0, 0.05) is 31.8 Å². The molecule has 3 heterocycles. The number of carbonyl (C=O) groups is 1. The first-order chi connectivity index (χ1) is 15.4. The molecule has 1 fully saturated rings. The Balaban J connectivity index is 1.88. The molecule has 1 N–H and O–H groups in total. The maximum absolute atomic E-state index is 13.7. The number of nitrogens with zero attached hydrogens (tertiary/aromatic N) is 3. The van der Waals surface area contributed by atoms with E-state index < -0.39 is 11.2 Å². The standard InChI is InChI=1S/C23H28N4O5/c1-14(2)12-27-20-19(21(28)25-23(27)30)17(11-18(24-20)15-6-7-15)22(29)26(8-10-31-3)13-16-5-4-9-32-16/h4-5,9,11,14-15H,6-8,10,12-13H2,1-3H3,(H,25,28,30). The lowest BCUT2D eigenvalue weighted by atomic mass is 10.1. The minimum absolute atomic E-state index is 0.140. The van der Waals surface area contributed by atoms with Crippen LogP contribution in [0.1, 0.15) is 54.4 Å². The summed E-state index contributed by atoms with van der Waals surface area (Å²) < 4.78 is 12.1. The third kappa shape index (κ3) is 4.52. The molecule has 1 aliphatic rings. The van der Waals surface area contributed by atoms with Gasteiger partial charge >= 0.3 is 5.69 Å². The summed E-state index contributed by atoms with van der Waals surface area (Å²) in [6.45, 7) is 5.25. The molecule has 0 radical (unpaired) electrons. The van der Waals surface area contributed by atoms with Crippen LogP contribution in [0.3, 0.4) is 0 Å². The number of amides is 1. The van der Waals surface area contributed by atoms with Crippen molar-refractivity contribution in [1.82, 2.24) is 19.4 Å². The SMILES string of the molecule is COCCN(Cc1ccco1)C(=O)c1cc(C2CC2)nc2c1c(=O)[nH]c(=O)n2CC(C)C. The van der Waals surface area contributed by atoms with E-state index in [1.807, 2.05) is 13.8 Å². The Morgan fingerprint density at radius 2 is 2.16 bits per heavy atom. The molecule has 4 rings (SSSR count). The number of aromatic nitrogens is 3. The van der Waals surface area contributed by atoms with Gasteiger partial charge in [-0.1, -0.05) is 13.8 Å². The van der Waals surface area contributed by atoms with Crippen molar-refractivity contribution in [3.63, 3.8) is 0 Å². The predicted octanol–water partition coefficient (Wildman–Crippen LogP) is 2.50.